The molecule has 0 aromatic heterocycles. The third-order valence-electron chi connectivity index (χ3n) is 3.63. The van der Waals surface area contributed by atoms with E-state index in [1.54, 1.807) is 0 Å². The van der Waals surface area contributed by atoms with Gasteiger partial charge in [-0.05, 0) is 50.6 Å². The summed E-state index contributed by atoms with van der Waals surface area (Å²) in [6, 6.07) is 0. The molecule has 90 valence electrons. The van der Waals surface area contributed by atoms with Gasteiger partial charge in [-0.15, -0.1) is 0 Å². The second-order valence-electron chi connectivity index (χ2n) is 6.00. The van der Waals surface area contributed by atoms with Crippen molar-refractivity contribution in [2.75, 3.05) is 20.1 Å². The maximum absolute atomic E-state index is 9.99. The van der Waals surface area contributed by atoms with Gasteiger partial charge in [0.15, 0.2) is 0 Å². The van der Waals surface area contributed by atoms with E-state index in [2.05, 4.69) is 32.7 Å². The van der Waals surface area contributed by atoms with E-state index in [9.17, 15) is 5.11 Å². The molecule has 2 unspecified atom stereocenters. The predicted molar refractivity (Wildman–Crippen MR) is 64.9 cm³/mol. The minimum atomic E-state index is -0.0719. The molecule has 0 aliphatic heterocycles. The molecule has 2 nitrogen and oxygen atoms in total. The van der Waals surface area contributed by atoms with Gasteiger partial charge in [0.25, 0.3) is 0 Å². The average molecular weight is 213 g/mol. The fourth-order valence-electron chi connectivity index (χ4n) is 2.78. The Labute approximate surface area is 94.7 Å². The highest BCUT2D eigenvalue weighted by atomic mass is 16.3. The third kappa shape index (κ3) is 4.12. The second kappa shape index (κ2) is 5.31. The molecule has 15 heavy (non-hydrogen) atoms. The smallest absolute Gasteiger partial charge is 0.0581 e. The monoisotopic (exact) mass is 213 g/mol. The van der Waals surface area contributed by atoms with Crippen molar-refractivity contribution >= 4 is 0 Å². The van der Waals surface area contributed by atoms with E-state index in [4.69, 9.17) is 0 Å². The minimum absolute atomic E-state index is 0.0719. The Morgan fingerprint density at radius 3 is 2.67 bits per heavy atom. The molecule has 0 radical (unpaired) electrons. The molecule has 0 spiro atoms. The molecule has 2 heteroatoms. The van der Waals surface area contributed by atoms with Crippen LogP contribution in [-0.4, -0.2) is 36.2 Å². The van der Waals surface area contributed by atoms with Gasteiger partial charge in [-0.1, -0.05) is 20.8 Å². The molecule has 0 heterocycles. The number of rotatable bonds is 4. The van der Waals surface area contributed by atoms with Crippen molar-refractivity contribution in [2.45, 2.75) is 52.6 Å². The number of hydrogen-bond acceptors (Lipinski definition) is 2. The first-order chi connectivity index (χ1) is 6.94. The third-order valence-corrected chi connectivity index (χ3v) is 3.63. The van der Waals surface area contributed by atoms with E-state index < -0.39 is 0 Å². The summed E-state index contributed by atoms with van der Waals surface area (Å²) in [5, 5.41) is 9.99. The van der Waals surface area contributed by atoms with E-state index >= 15 is 0 Å². The lowest BCUT2D eigenvalue weighted by Gasteiger charge is -2.40. The normalized spacial score (nSPS) is 30.8. The zero-order chi connectivity index (χ0) is 11.5. The van der Waals surface area contributed by atoms with Crippen molar-refractivity contribution in [3.05, 3.63) is 0 Å². The highest BCUT2D eigenvalue weighted by Crippen LogP contribution is 2.38. The van der Waals surface area contributed by atoms with Gasteiger partial charge in [-0.3, -0.25) is 0 Å². The van der Waals surface area contributed by atoms with Gasteiger partial charge in [0.05, 0.1) is 6.10 Å². The summed E-state index contributed by atoms with van der Waals surface area (Å²) in [4.78, 5) is 2.36. The number of aliphatic hydroxyl groups excluding tert-OH is 1. The first-order valence-corrected chi connectivity index (χ1v) is 6.31. The highest BCUT2D eigenvalue weighted by molar-refractivity contribution is 4.85. The van der Waals surface area contributed by atoms with Crippen molar-refractivity contribution in [2.24, 2.45) is 11.3 Å². The van der Waals surface area contributed by atoms with Gasteiger partial charge in [-0.25, -0.2) is 0 Å². The van der Waals surface area contributed by atoms with Crippen LogP contribution in [0.4, 0.5) is 0 Å². The first kappa shape index (κ1) is 13.0. The summed E-state index contributed by atoms with van der Waals surface area (Å²) in [7, 11) is 2.16. The van der Waals surface area contributed by atoms with E-state index in [0.717, 1.165) is 19.5 Å². The van der Waals surface area contributed by atoms with E-state index in [1.807, 2.05) is 0 Å². The Hall–Kier alpha value is -0.0800. The molecule has 1 N–H and O–H groups in total. The van der Waals surface area contributed by atoms with Crippen LogP contribution in [0.3, 0.4) is 0 Å². The zero-order valence-corrected chi connectivity index (χ0v) is 10.8. The lowest BCUT2D eigenvalue weighted by atomic mass is 9.71. The van der Waals surface area contributed by atoms with Crippen LogP contribution in [0.25, 0.3) is 0 Å². The Bertz CT molecular complexity index is 191. The fourth-order valence-corrected chi connectivity index (χ4v) is 2.78. The first-order valence-electron chi connectivity index (χ1n) is 6.31. The Morgan fingerprint density at radius 2 is 2.07 bits per heavy atom. The molecule has 0 aromatic carbocycles. The summed E-state index contributed by atoms with van der Waals surface area (Å²) < 4.78 is 0. The van der Waals surface area contributed by atoms with E-state index in [0.29, 0.717) is 11.3 Å². The predicted octanol–water partition coefficient (Wildman–Crippen LogP) is 2.52. The molecule has 1 rings (SSSR count). The van der Waals surface area contributed by atoms with Crippen molar-refractivity contribution in [3.63, 3.8) is 0 Å². The van der Waals surface area contributed by atoms with Gasteiger partial charge in [0.2, 0.25) is 0 Å². The van der Waals surface area contributed by atoms with E-state index in [1.165, 1.54) is 19.3 Å². The van der Waals surface area contributed by atoms with Gasteiger partial charge >= 0.3 is 0 Å². The molecule has 0 amide bonds. The molecule has 0 bridgehead atoms. The molecule has 0 aromatic rings. The van der Waals surface area contributed by atoms with Crippen molar-refractivity contribution in [1.29, 1.82) is 0 Å². The van der Waals surface area contributed by atoms with Crippen LogP contribution in [0.2, 0.25) is 0 Å². The molecule has 0 saturated heterocycles. The molecule has 2 atom stereocenters. The minimum Gasteiger partial charge on any atom is -0.393 e. The molecule has 1 aliphatic carbocycles. The summed E-state index contributed by atoms with van der Waals surface area (Å²) in [5.41, 5.74) is 0.428. The molecule has 1 aliphatic rings. The Balaban J connectivity index is 2.44. The lowest BCUT2D eigenvalue weighted by molar-refractivity contribution is 0.00773. The van der Waals surface area contributed by atoms with Crippen LogP contribution in [-0.2, 0) is 0 Å². The summed E-state index contributed by atoms with van der Waals surface area (Å²) in [5.74, 6) is 0.477. The largest absolute Gasteiger partial charge is 0.393 e. The van der Waals surface area contributed by atoms with Crippen LogP contribution >= 0.6 is 0 Å². The van der Waals surface area contributed by atoms with Crippen LogP contribution < -0.4 is 0 Å². The van der Waals surface area contributed by atoms with Crippen molar-refractivity contribution < 1.29 is 5.11 Å². The number of aliphatic hydroxyl groups is 1. The molecular formula is C13H27NO. The molecule has 1 saturated carbocycles. The second-order valence-corrected chi connectivity index (χ2v) is 6.00. The fraction of sp³-hybridized carbons (Fsp3) is 1.00. The Morgan fingerprint density at radius 1 is 1.40 bits per heavy atom. The average Bonchev–Trinajstić information content (AvgIpc) is 2.11. The number of nitrogens with zero attached hydrogens (tertiary/aromatic N) is 1. The summed E-state index contributed by atoms with van der Waals surface area (Å²) in [6.45, 7) is 9.05. The van der Waals surface area contributed by atoms with Gasteiger partial charge in [0, 0.05) is 6.54 Å². The van der Waals surface area contributed by atoms with Crippen LogP contribution in [0.15, 0.2) is 0 Å². The Kier molecular flexibility index (Phi) is 4.60. The topological polar surface area (TPSA) is 23.5 Å². The lowest BCUT2D eigenvalue weighted by Crippen LogP contribution is -2.40. The van der Waals surface area contributed by atoms with E-state index in [-0.39, 0.29) is 6.10 Å². The summed E-state index contributed by atoms with van der Waals surface area (Å²) in [6.07, 6.45) is 4.45. The van der Waals surface area contributed by atoms with Crippen LogP contribution in [0, 0.1) is 11.3 Å². The molecular weight excluding hydrogens is 186 g/mol. The van der Waals surface area contributed by atoms with Crippen LogP contribution in [0.1, 0.15) is 46.5 Å². The maximum atomic E-state index is 9.99. The van der Waals surface area contributed by atoms with Crippen molar-refractivity contribution in [1.82, 2.24) is 4.90 Å². The standard InChI is InChI=1S/C13H27NO/c1-5-8-14(4)10-11-9-13(2,3)7-6-12(11)15/h11-12,15H,5-10H2,1-4H3. The van der Waals surface area contributed by atoms with Gasteiger partial charge in [0.1, 0.15) is 0 Å². The maximum Gasteiger partial charge on any atom is 0.0581 e. The van der Waals surface area contributed by atoms with Crippen molar-refractivity contribution in [3.8, 4) is 0 Å². The zero-order valence-electron chi connectivity index (χ0n) is 10.8. The highest BCUT2D eigenvalue weighted by Gasteiger charge is 2.34. The van der Waals surface area contributed by atoms with Gasteiger partial charge < -0.3 is 10.0 Å². The van der Waals surface area contributed by atoms with Gasteiger partial charge in [-0.2, -0.15) is 0 Å². The SMILES string of the molecule is CCCN(C)CC1CC(C)(C)CCC1O. The summed E-state index contributed by atoms with van der Waals surface area (Å²) >= 11 is 0. The molecule has 1 fully saturated rings. The quantitative estimate of drug-likeness (QED) is 0.775. The van der Waals surface area contributed by atoms with Crippen LogP contribution in [0.5, 0.6) is 0 Å². The number of hydrogen-bond donors (Lipinski definition) is 1.